The van der Waals surface area contributed by atoms with E-state index in [0.717, 1.165) is 10.9 Å². The Morgan fingerprint density at radius 3 is 2.80 bits per heavy atom. The second-order valence-electron chi connectivity index (χ2n) is 4.18. The average molecular weight is 270 g/mol. The van der Waals surface area contributed by atoms with Gasteiger partial charge in [-0.05, 0) is 30.3 Å². The lowest BCUT2D eigenvalue weighted by Gasteiger charge is -2.09. The number of aliphatic hydroxyl groups is 1. The molecule has 1 aromatic carbocycles. The summed E-state index contributed by atoms with van der Waals surface area (Å²) in [5.74, 6) is -0.346. The normalized spacial score (nSPS) is 10.7. The minimum atomic E-state index is -0.657. The third kappa shape index (κ3) is 2.19. The van der Waals surface area contributed by atoms with Gasteiger partial charge in [0.1, 0.15) is 5.75 Å². The molecule has 0 atom stereocenters. The van der Waals surface area contributed by atoms with Crippen LogP contribution in [0.1, 0.15) is 5.56 Å². The molecule has 5 heteroatoms. The molecule has 0 amide bonds. The largest absolute Gasteiger partial charge is 0.436 e. The van der Waals surface area contributed by atoms with Gasteiger partial charge in [-0.3, -0.25) is 4.98 Å². The van der Waals surface area contributed by atoms with Crippen LogP contribution in [0.3, 0.4) is 0 Å². The molecule has 3 rings (SSSR count). The lowest BCUT2D eigenvalue weighted by molar-refractivity contribution is 0.273. The van der Waals surface area contributed by atoms with Crippen molar-refractivity contribution in [3.63, 3.8) is 0 Å². The Hall–Kier alpha value is -2.53. The van der Waals surface area contributed by atoms with Crippen molar-refractivity contribution in [3.05, 3.63) is 60.2 Å². The number of nitrogens with zero attached hydrogens (tertiary/aromatic N) is 2. The van der Waals surface area contributed by atoms with E-state index < -0.39 is 12.4 Å². The molecule has 2 heterocycles. The third-order valence-corrected chi connectivity index (χ3v) is 2.92. The predicted octanol–water partition coefficient (Wildman–Crippen LogP) is 3.05. The van der Waals surface area contributed by atoms with Crippen molar-refractivity contribution in [2.24, 2.45) is 0 Å². The Morgan fingerprint density at radius 2 is 1.95 bits per heavy atom. The lowest BCUT2D eigenvalue weighted by Crippen LogP contribution is -1.97. The van der Waals surface area contributed by atoms with Gasteiger partial charge in [-0.25, -0.2) is 9.37 Å². The monoisotopic (exact) mass is 270 g/mol. The van der Waals surface area contributed by atoms with E-state index >= 15 is 0 Å². The van der Waals surface area contributed by atoms with Crippen LogP contribution in [0.15, 0.2) is 48.8 Å². The van der Waals surface area contributed by atoms with Crippen LogP contribution in [0.25, 0.3) is 10.9 Å². The fourth-order valence-electron chi connectivity index (χ4n) is 1.92. The standard InChI is InChI=1S/C15H11FN2O2/c16-14-10(9-19)6-8-18-15(14)20-13-5-1-4-12-11(13)3-2-7-17-12/h1-8,19H,9H2. The quantitative estimate of drug-likeness (QED) is 0.794. The molecule has 4 nitrogen and oxygen atoms in total. The molecule has 0 unspecified atom stereocenters. The molecule has 0 aliphatic heterocycles. The summed E-state index contributed by atoms with van der Waals surface area (Å²) in [5, 5.41) is 9.82. The maximum Gasteiger partial charge on any atom is 0.256 e. The maximum absolute atomic E-state index is 14.0. The summed E-state index contributed by atoms with van der Waals surface area (Å²) in [4.78, 5) is 8.07. The van der Waals surface area contributed by atoms with Gasteiger partial charge in [-0.15, -0.1) is 0 Å². The van der Waals surface area contributed by atoms with Gasteiger partial charge in [0.25, 0.3) is 5.88 Å². The van der Waals surface area contributed by atoms with Gasteiger partial charge < -0.3 is 9.84 Å². The summed E-state index contributed by atoms with van der Waals surface area (Å²) in [5.41, 5.74) is 0.900. The minimum absolute atomic E-state index is 0.147. The summed E-state index contributed by atoms with van der Waals surface area (Å²) in [6.45, 7) is -0.401. The Morgan fingerprint density at radius 1 is 1.05 bits per heavy atom. The zero-order valence-electron chi connectivity index (χ0n) is 10.5. The van der Waals surface area contributed by atoms with Crippen molar-refractivity contribution < 1.29 is 14.2 Å². The number of ether oxygens (including phenoxy) is 1. The van der Waals surface area contributed by atoms with Crippen LogP contribution in [0.5, 0.6) is 11.6 Å². The first-order valence-electron chi connectivity index (χ1n) is 6.05. The van der Waals surface area contributed by atoms with Crippen molar-refractivity contribution in [2.75, 3.05) is 0 Å². The van der Waals surface area contributed by atoms with Crippen molar-refractivity contribution in [1.29, 1.82) is 0 Å². The number of benzene rings is 1. The molecular formula is C15H11FN2O2. The molecular weight excluding hydrogens is 259 g/mol. The van der Waals surface area contributed by atoms with Crippen LogP contribution in [0.2, 0.25) is 0 Å². The Bertz CT molecular complexity index is 756. The first-order valence-corrected chi connectivity index (χ1v) is 6.05. The Balaban J connectivity index is 2.06. The summed E-state index contributed by atoms with van der Waals surface area (Å²) in [7, 11) is 0. The number of halogens is 1. The number of aromatic nitrogens is 2. The van der Waals surface area contributed by atoms with Crippen LogP contribution < -0.4 is 4.74 Å². The number of hydrogen-bond acceptors (Lipinski definition) is 4. The second kappa shape index (κ2) is 5.22. The van der Waals surface area contributed by atoms with Gasteiger partial charge in [0.15, 0.2) is 5.82 Å². The molecule has 0 saturated heterocycles. The van der Waals surface area contributed by atoms with Crippen molar-refractivity contribution in [3.8, 4) is 11.6 Å². The van der Waals surface area contributed by atoms with Gasteiger partial charge in [-0.2, -0.15) is 0 Å². The molecule has 0 aliphatic rings. The highest BCUT2D eigenvalue weighted by Crippen LogP contribution is 2.29. The Labute approximate surface area is 114 Å². The molecule has 3 aromatic rings. The van der Waals surface area contributed by atoms with E-state index in [1.54, 1.807) is 24.4 Å². The van der Waals surface area contributed by atoms with E-state index in [0.29, 0.717) is 5.75 Å². The van der Waals surface area contributed by atoms with Gasteiger partial charge in [0.05, 0.1) is 12.1 Å². The average Bonchev–Trinajstić information content (AvgIpc) is 2.50. The predicted molar refractivity (Wildman–Crippen MR) is 71.9 cm³/mol. The van der Waals surface area contributed by atoms with E-state index in [9.17, 15) is 4.39 Å². The minimum Gasteiger partial charge on any atom is -0.436 e. The highest BCUT2D eigenvalue weighted by atomic mass is 19.1. The van der Waals surface area contributed by atoms with Gasteiger partial charge in [0.2, 0.25) is 0 Å². The number of pyridine rings is 2. The summed E-state index contributed by atoms with van der Waals surface area (Å²) >= 11 is 0. The molecule has 0 saturated carbocycles. The first-order chi connectivity index (χ1) is 9.79. The van der Waals surface area contributed by atoms with E-state index in [1.807, 2.05) is 12.1 Å². The van der Waals surface area contributed by atoms with Gasteiger partial charge in [0, 0.05) is 23.3 Å². The molecule has 2 aromatic heterocycles. The number of hydrogen-bond donors (Lipinski definition) is 1. The van der Waals surface area contributed by atoms with Crippen molar-refractivity contribution in [1.82, 2.24) is 9.97 Å². The zero-order chi connectivity index (χ0) is 13.9. The molecule has 0 aliphatic carbocycles. The second-order valence-corrected chi connectivity index (χ2v) is 4.18. The first kappa shape index (κ1) is 12.5. The van der Waals surface area contributed by atoms with Crippen LogP contribution in [-0.2, 0) is 6.61 Å². The molecule has 100 valence electrons. The van der Waals surface area contributed by atoms with Crippen molar-refractivity contribution in [2.45, 2.75) is 6.61 Å². The summed E-state index contributed by atoms with van der Waals surface area (Å²) in [6.07, 6.45) is 3.07. The number of aliphatic hydroxyl groups excluding tert-OH is 1. The smallest absolute Gasteiger partial charge is 0.256 e. The Kier molecular flexibility index (Phi) is 3.26. The third-order valence-electron chi connectivity index (χ3n) is 2.92. The summed E-state index contributed by atoms with van der Waals surface area (Å²) < 4.78 is 19.5. The van der Waals surface area contributed by atoms with Gasteiger partial charge in [-0.1, -0.05) is 6.07 Å². The fraction of sp³-hybridized carbons (Fsp3) is 0.0667. The van der Waals surface area contributed by atoms with Crippen LogP contribution in [0.4, 0.5) is 4.39 Å². The fourth-order valence-corrected chi connectivity index (χ4v) is 1.92. The molecule has 0 bridgehead atoms. The summed E-state index contributed by atoms with van der Waals surface area (Å²) in [6, 6.07) is 10.4. The van der Waals surface area contributed by atoms with E-state index in [2.05, 4.69) is 9.97 Å². The van der Waals surface area contributed by atoms with Gasteiger partial charge >= 0.3 is 0 Å². The van der Waals surface area contributed by atoms with E-state index in [4.69, 9.17) is 9.84 Å². The molecule has 0 radical (unpaired) electrons. The van der Waals surface area contributed by atoms with Crippen LogP contribution >= 0.6 is 0 Å². The maximum atomic E-state index is 14.0. The number of rotatable bonds is 3. The molecule has 1 N–H and O–H groups in total. The SMILES string of the molecule is OCc1ccnc(Oc2cccc3ncccc23)c1F. The molecule has 0 fully saturated rings. The number of fused-ring (bicyclic) bond motifs is 1. The lowest BCUT2D eigenvalue weighted by atomic mass is 10.2. The molecule has 0 spiro atoms. The van der Waals surface area contributed by atoms with E-state index in [-0.39, 0.29) is 11.4 Å². The zero-order valence-corrected chi connectivity index (χ0v) is 10.5. The van der Waals surface area contributed by atoms with E-state index in [1.165, 1.54) is 12.3 Å². The topological polar surface area (TPSA) is 55.2 Å². The highest BCUT2D eigenvalue weighted by molar-refractivity contribution is 5.85. The highest BCUT2D eigenvalue weighted by Gasteiger charge is 2.12. The van der Waals surface area contributed by atoms with Crippen molar-refractivity contribution >= 4 is 10.9 Å². The molecule has 20 heavy (non-hydrogen) atoms. The van der Waals surface area contributed by atoms with Crippen LogP contribution in [-0.4, -0.2) is 15.1 Å². The van der Waals surface area contributed by atoms with Crippen LogP contribution in [0, 0.1) is 5.82 Å².